The van der Waals surface area contributed by atoms with Gasteiger partial charge in [-0.25, -0.2) is 0 Å². The molecular formula is C25H27N3O2S. The third kappa shape index (κ3) is 5.40. The molecule has 160 valence electrons. The third-order valence-electron chi connectivity index (χ3n) is 5.65. The van der Waals surface area contributed by atoms with E-state index < -0.39 is 0 Å². The molecule has 0 atom stereocenters. The molecule has 6 heteroatoms. The van der Waals surface area contributed by atoms with Gasteiger partial charge < -0.3 is 10.2 Å². The molecule has 2 amide bonds. The zero-order valence-corrected chi connectivity index (χ0v) is 18.3. The lowest BCUT2D eigenvalue weighted by atomic mass is 9.90. The second kappa shape index (κ2) is 10.4. The van der Waals surface area contributed by atoms with Gasteiger partial charge in [0.25, 0.3) is 5.91 Å². The van der Waals surface area contributed by atoms with E-state index in [1.165, 1.54) is 11.3 Å². The van der Waals surface area contributed by atoms with E-state index in [0.717, 1.165) is 48.7 Å². The summed E-state index contributed by atoms with van der Waals surface area (Å²) < 4.78 is 0. The fraction of sp³-hybridized carbons (Fsp3) is 0.280. The smallest absolute Gasteiger partial charge is 0.264 e. The Hall–Kier alpha value is -2.96. The van der Waals surface area contributed by atoms with Gasteiger partial charge in [-0.1, -0.05) is 66.7 Å². The highest BCUT2D eigenvalue weighted by atomic mass is 32.1. The van der Waals surface area contributed by atoms with Crippen LogP contribution in [0.25, 0.3) is 0 Å². The summed E-state index contributed by atoms with van der Waals surface area (Å²) in [5.41, 5.74) is 1.99. The van der Waals surface area contributed by atoms with Crippen LogP contribution in [0.5, 0.6) is 0 Å². The number of benzene rings is 2. The van der Waals surface area contributed by atoms with Gasteiger partial charge in [-0.3, -0.25) is 14.5 Å². The van der Waals surface area contributed by atoms with Crippen molar-refractivity contribution in [3.63, 3.8) is 0 Å². The first kappa shape index (κ1) is 21.3. The molecular weight excluding hydrogens is 406 g/mol. The molecule has 0 unspecified atom stereocenters. The van der Waals surface area contributed by atoms with Crippen LogP contribution in [0, 0.1) is 0 Å². The predicted molar refractivity (Wildman–Crippen MR) is 124 cm³/mol. The molecule has 0 radical (unpaired) electrons. The first-order valence-corrected chi connectivity index (χ1v) is 11.5. The third-order valence-corrected chi connectivity index (χ3v) is 6.50. The predicted octanol–water partition coefficient (Wildman–Crippen LogP) is 3.45. The molecule has 1 saturated heterocycles. The molecule has 3 aromatic rings. The highest BCUT2D eigenvalue weighted by Crippen LogP contribution is 2.24. The number of nitrogens with zero attached hydrogens (tertiary/aromatic N) is 2. The Labute approximate surface area is 187 Å². The van der Waals surface area contributed by atoms with Crippen molar-refractivity contribution in [2.24, 2.45) is 0 Å². The number of hydrogen-bond donors (Lipinski definition) is 1. The van der Waals surface area contributed by atoms with Crippen molar-refractivity contribution in [1.82, 2.24) is 15.1 Å². The summed E-state index contributed by atoms with van der Waals surface area (Å²) in [7, 11) is 0. The number of thiophene rings is 1. The quantitative estimate of drug-likeness (QED) is 0.621. The molecule has 1 aliphatic rings. The highest BCUT2D eigenvalue weighted by molar-refractivity contribution is 7.12. The van der Waals surface area contributed by atoms with E-state index in [0.29, 0.717) is 6.54 Å². The van der Waals surface area contributed by atoms with E-state index in [-0.39, 0.29) is 17.7 Å². The lowest BCUT2D eigenvalue weighted by Gasteiger charge is -2.34. The first-order valence-electron chi connectivity index (χ1n) is 10.6. The lowest BCUT2D eigenvalue weighted by molar-refractivity contribution is -0.121. The molecule has 2 heterocycles. The summed E-state index contributed by atoms with van der Waals surface area (Å²) in [6.07, 6.45) is 0. The Balaban J connectivity index is 1.29. The Morgan fingerprint density at radius 1 is 0.839 bits per heavy atom. The molecule has 0 aliphatic carbocycles. The molecule has 0 spiro atoms. The van der Waals surface area contributed by atoms with Gasteiger partial charge in [-0.15, -0.1) is 11.3 Å². The lowest BCUT2D eigenvalue weighted by Crippen LogP contribution is -2.50. The number of carbonyl (C=O) groups is 2. The standard InChI is InChI=1S/C25H27N3O2S/c29-24(23(20-8-3-1-4-9-20)21-10-5-2-6-11-21)26-13-14-27-15-17-28(18-16-27)25(30)22-12-7-19-31-22/h1-12,19,23H,13-18H2,(H,26,29). The Bertz CT molecular complexity index is 929. The van der Waals surface area contributed by atoms with Crippen LogP contribution in [0.3, 0.4) is 0 Å². The van der Waals surface area contributed by atoms with Gasteiger partial charge in [0, 0.05) is 39.3 Å². The number of piperazine rings is 1. The molecule has 2 aromatic carbocycles. The number of rotatable bonds is 7. The summed E-state index contributed by atoms with van der Waals surface area (Å²) in [5, 5.41) is 5.06. The maximum absolute atomic E-state index is 13.1. The Morgan fingerprint density at radius 2 is 1.45 bits per heavy atom. The molecule has 1 aliphatic heterocycles. The monoisotopic (exact) mass is 433 g/mol. The largest absolute Gasteiger partial charge is 0.354 e. The van der Waals surface area contributed by atoms with Gasteiger partial charge in [0.2, 0.25) is 5.91 Å². The SMILES string of the molecule is O=C(NCCN1CCN(C(=O)c2cccs2)CC1)C(c1ccccc1)c1ccccc1. The van der Waals surface area contributed by atoms with Crippen LogP contribution >= 0.6 is 11.3 Å². The van der Waals surface area contributed by atoms with Crippen LogP contribution in [0.2, 0.25) is 0 Å². The summed E-state index contributed by atoms with van der Waals surface area (Å²) >= 11 is 1.49. The molecule has 0 saturated carbocycles. The van der Waals surface area contributed by atoms with Crippen molar-refractivity contribution in [2.75, 3.05) is 39.3 Å². The van der Waals surface area contributed by atoms with E-state index in [2.05, 4.69) is 10.2 Å². The number of nitrogens with one attached hydrogen (secondary N) is 1. The Kier molecular flexibility index (Phi) is 7.12. The van der Waals surface area contributed by atoms with Crippen molar-refractivity contribution in [3.8, 4) is 0 Å². The number of amides is 2. The first-order chi connectivity index (χ1) is 15.2. The number of hydrogen-bond acceptors (Lipinski definition) is 4. The maximum Gasteiger partial charge on any atom is 0.264 e. The van der Waals surface area contributed by atoms with Crippen LogP contribution in [-0.2, 0) is 4.79 Å². The van der Waals surface area contributed by atoms with Crippen LogP contribution in [0.1, 0.15) is 26.7 Å². The van der Waals surface area contributed by atoms with Crippen LogP contribution < -0.4 is 5.32 Å². The normalized spacial score (nSPS) is 14.5. The minimum Gasteiger partial charge on any atom is -0.354 e. The van der Waals surface area contributed by atoms with Crippen LogP contribution in [-0.4, -0.2) is 60.9 Å². The molecule has 1 N–H and O–H groups in total. The van der Waals surface area contributed by atoms with Gasteiger partial charge in [0.15, 0.2) is 0 Å². The Morgan fingerprint density at radius 3 is 2.00 bits per heavy atom. The summed E-state index contributed by atoms with van der Waals surface area (Å²) in [6.45, 7) is 4.47. The average Bonchev–Trinajstić information content (AvgIpc) is 3.36. The molecule has 1 aromatic heterocycles. The van der Waals surface area contributed by atoms with E-state index in [4.69, 9.17) is 0 Å². The fourth-order valence-corrected chi connectivity index (χ4v) is 4.65. The van der Waals surface area contributed by atoms with Gasteiger partial charge in [-0.2, -0.15) is 0 Å². The molecule has 31 heavy (non-hydrogen) atoms. The van der Waals surface area contributed by atoms with E-state index >= 15 is 0 Å². The van der Waals surface area contributed by atoms with Crippen molar-refractivity contribution in [1.29, 1.82) is 0 Å². The van der Waals surface area contributed by atoms with Gasteiger partial charge in [-0.05, 0) is 22.6 Å². The zero-order chi connectivity index (χ0) is 21.5. The number of carbonyl (C=O) groups excluding carboxylic acids is 2. The molecule has 5 nitrogen and oxygen atoms in total. The van der Waals surface area contributed by atoms with Crippen LogP contribution in [0.4, 0.5) is 0 Å². The highest BCUT2D eigenvalue weighted by Gasteiger charge is 2.24. The minimum atomic E-state index is -0.317. The average molecular weight is 434 g/mol. The second-order valence-corrected chi connectivity index (χ2v) is 8.60. The van der Waals surface area contributed by atoms with E-state index in [9.17, 15) is 9.59 Å². The van der Waals surface area contributed by atoms with Crippen molar-refractivity contribution >= 4 is 23.2 Å². The molecule has 4 rings (SSSR count). The van der Waals surface area contributed by atoms with Gasteiger partial charge in [0.05, 0.1) is 10.8 Å². The van der Waals surface area contributed by atoms with Crippen molar-refractivity contribution < 1.29 is 9.59 Å². The van der Waals surface area contributed by atoms with E-state index in [1.807, 2.05) is 83.1 Å². The summed E-state index contributed by atoms with van der Waals surface area (Å²) in [6, 6.07) is 23.6. The van der Waals surface area contributed by atoms with Crippen LogP contribution in [0.15, 0.2) is 78.2 Å². The maximum atomic E-state index is 13.1. The second-order valence-electron chi connectivity index (χ2n) is 7.66. The fourth-order valence-electron chi connectivity index (χ4n) is 3.96. The molecule has 1 fully saturated rings. The van der Waals surface area contributed by atoms with Crippen molar-refractivity contribution in [3.05, 3.63) is 94.2 Å². The summed E-state index contributed by atoms with van der Waals surface area (Å²) in [5.74, 6) is -0.178. The summed E-state index contributed by atoms with van der Waals surface area (Å²) in [4.78, 5) is 30.6. The van der Waals surface area contributed by atoms with Crippen molar-refractivity contribution in [2.45, 2.75) is 5.92 Å². The van der Waals surface area contributed by atoms with Gasteiger partial charge in [0.1, 0.15) is 0 Å². The minimum absolute atomic E-state index is 0.0175. The molecule has 0 bridgehead atoms. The van der Waals surface area contributed by atoms with E-state index in [1.54, 1.807) is 0 Å². The van der Waals surface area contributed by atoms with Gasteiger partial charge >= 0.3 is 0 Å². The zero-order valence-electron chi connectivity index (χ0n) is 17.4. The topological polar surface area (TPSA) is 52.7 Å².